The standard InChI is InChI=1S/C20H22Br2O2/c21-15-20(22)18(13-23-11-16-7-3-1-4-8-16)19(20)14-24-12-17-9-5-2-6-10-17/h1-10,18-19H,11-15H2/t18-,19-/m1/s1. The number of hydrogen-bond donors (Lipinski definition) is 0. The lowest BCUT2D eigenvalue weighted by Crippen LogP contribution is -2.09. The van der Waals surface area contributed by atoms with E-state index < -0.39 is 0 Å². The van der Waals surface area contributed by atoms with Gasteiger partial charge < -0.3 is 9.47 Å². The summed E-state index contributed by atoms with van der Waals surface area (Å²) < 4.78 is 12.0. The molecule has 1 saturated carbocycles. The zero-order valence-electron chi connectivity index (χ0n) is 13.5. The van der Waals surface area contributed by atoms with Crippen LogP contribution < -0.4 is 0 Å². The first-order chi connectivity index (χ1) is 11.7. The fourth-order valence-electron chi connectivity index (χ4n) is 3.03. The summed E-state index contributed by atoms with van der Waals surface area (Å²) in [6.45, 7) is 2.84. The summed E-state index contributed by atoms with van der Waals surface area (Å²) >= 11 is 7.52. The van der Waals surface area contributed by atoms with Gasteiger partial charge in [-0.15, -0.1) is 0 Å². The van der Waals surface area contributed by atoms with Crippen LogP contribution >= 0.6 is 31.9 Å². The molecule has 2 atom stereocenters. The van der Waals surface area contributed by atoms with Gasteiger partial charge in [-0.1, -0.05) is 92.5 Å². The van der Waals surface area contributed by atoms with E-state index in [1.54, 1.807) is 0 Å². The molecule has 3 rings (SSSR count). The largest absolute Gasteiger partial charge is 0.376 e. The Bertz CT molecular complexity index is 567. The van der Waals surface area contributed by atoms with Gasteiger partial charge in [-0.3, -0.25) is 0 Å². The van der Waals surface area contributed by atoms with Crippen molar-refractivity contribution in [2.24, 2.45) is 11.8 Å². The fourth-order valence-corrected chi connectivity index (χ4v) is 4.63. The molecule has 0 N–H and O–H groups in total. The molecular formula is C20H22Br2O2. The predicted octanol–water partition coefficient (Wildman–Crippen LogP) is 5.19. The molecule has 0 radical (unpaired) electrons. The van der Waals surface area contributed by atoms with Crippen molar-refractivity contribution >= 4 is 31.9 Å². The van der Waals surface area contributed by atoms with Crippen molar-refractivity contribution in [1.29, 1.82) is 0 Å². The number of ether oxygens (including phenoxy) is 2. The van der Waals surface area contributed by atoms with Gasteiger partial charge in [0, 0.05) is 21.5 Å². The lowest BCUT2D eigenvalue weighted by Gasteiger charge is -2.06. The second-order valence-corrected chi connectivity index (χ2v) is 8.31. The van der Waals surface area contributed by atoms with Crippen LogP contribution in [0.1, 0.15) is 11.1 Å². The number of alkyl halides is 2. The Balaban J connectivity index is 1.43. The summed E-state index contributed by atoms with van der Waals surface area (Å²) in [5.74, 6) is 0.965. The topological polar surface area (TPSA) is 18.5 Å². The van der Waals surface area contributed by atoms with Gasteiger partial charge in [0.15, 0.2) is 0 Å². The Morgan fingerprint density at radius 3 is 1.54 bits per heavy atom. The minimum absolute atomic E-state index is 0.0976. The molecule has 0 unspecified atom stereocenters. The molecule has 0 amide bonds. The van der Waals surface area contributed by atoms with Crippen LogP contribution in [0.3, 0.4) is 0 Å². The molecule has 1 aliphatic carbocycles. The van der Waals surface area contributed by atoms with Crippen LogP contribution in [0.5, 0.6) is 0 Å². The van der Waals surface area contributed by atoms with Crippen LogP contribution in [-0.2, 0) is 22.7 Å². The molecule has 0 heterocycles. The minimum Gasteiger partial charge on any atom is -0.376 e. The number of hydrogen-bond acceptors (Lipinski definition) is 2. The van der Waals surface area contributed by atoms with Gasteiger partial charge >= 0.3 is 0 Å². The first kappa shape index (κ1) is 18.1. The van der Waals surface area contributed by atoms with E-state index in [0.717, 1.165) is 18.5 Å². The molecule has 2 nitrogen and oxygen atoms in total. The Morgan fingerprint density at radius 2 is 1.17 bits per heavy atom. The lowest BCUT2D eigenvalue weighted by atomic mass is 10.2. The molecule has 0 bridgehead atoms. The summed E-state index contributed by atoms with van der Waals surface area (Å²) in [5, 5.41) is 0.915. The van der Waals surface area contributed by atoms with Crippen molar-refractivity contribution in [3.8, 4) is 0 Å². The van der Waals surface area contributed by atoms with Crippen molar-refractivity contribution in [2.45, 2.75) is 17.5 Å². The average molecular weight is 454 g/mol. The van der Waals surface area contributed by atoms with Crippen molar-refractivity contribution in [3.05, 3.63) is 71.8 Å². The SMILES string of the molecule is BrCC1(Br)[C@H](COCc2ccccc2)[C@H]1COCc1ccccc1. The molecule has 24 heavy (non-hydrogen) atoms. The molecule has 1 fully saturated rings. The minimum atomic E-state index is 0.0976. The van der Waals surface area contributed by atoms with Gasteiger partial charge in [0.05, 0.1) is 26.4 Å². The first-order valence-corrected chi connectivity index (χ1v) is 10.1. The Labute approximate surface area is 160 Å². The second kappa shape index (κ2) is 8.61. The van der Waals surface area contributed by atoms with Crippen LogP contribution in [-0.4, -0.2) is 22.9 Å². The van der Waals surface area contributed by atoms with Gasteiger partial charge in [0.1, 0.15) is 0 Å². The van der Waals surface area contributed by atoms with E-state index in [1.807, 2.05) is 36.4 Å². The maximum absolute atomic E-state index is 5.93. The van der Waals surface area contributed by atoms with E-state index in [2.05, 4.69) is 56.1 Å². The van der Waals surface area contributed by atoms with Crippen LogP contribution in [0.2, 0.25) is 0 Å². The van der Waals surface area contributed by atoms with Crippen molar-refractivity contribution < 1.29 is 9.47 Å². The van der Waals surface area contributed by atoms with Crippen molar-refractivity contribution in [3.63, 3.8) is 0 Å². The fraction of sp³-hybridized carbons (Fsp3) is 0.400. The van der Waals surface area contributed by atoms with E-state index >= 15 is 0 Å². The van der Waals surface area contributed by atoms with Gasteiger partial charge in [-0.2, -0.15) is 0 Å². The van der Waals surface area contributed by atoms with E-state index in [1.165, 1.54) is 11.1 Å². The predicted molar refractivity (Wildman–Crippen MR) is 105 cm³/mol. The highest BCUT2D eigenvalue weighted by atomic mass is 79.9. The molecule has 0 aromatic heterocycles. The van der Waals surface area contributed by atoms with E-state index in [0.29, 0.717) is 25.0 Å². The molecule has 0 spiro atoms. The zero-order chi connectivity index (χ0) is 16.8. The Morgan fingerprint density at radius 1 is 0.750 bits per heavy atom. The summed E-state index contributed by atoms with van der Waals surface area (Å²) in [6, 6.07) is 20.6. The molecule has 0 aliphatic heterocycles. The summed E-state index contributed by atoms with van der Waals surface area (Å²) in [6.07, 6.45) is 0. The molecule has 2 aromatic carbocycles. The summed E-state index contributed by atoms with van der Waals surface area (Å²) in [4.78, 5) is 0. The number of rotatable bonds is 9. The van der Waals surface area contributed by atoms with Crippen LogP contribution in [0.4, 0.5) is 0 Å². The average Bonchev–Trinajstić information content (AvgIpc) is 3.20. The molecule has 4 heteroatoms. The monoisotopic (exact) mass is 452 g/mol. The Hall–Kier alpha value is -0.680. The van der Waals surface area contributed by atoms with Gasteiger partial charge in [0.25, 0.3) is 0 Å². The number of halogens is 2. The maximum atomic E-state index is 5.93. The first-order valence-electron chi connectivity index (χ1n) is 8.22. The molecule has 0 saturated heterocycles. The highest BCUT2D eigenvalue weighted by Gasteiger charge is 2.62. The second-order valence-electron chi connectivity index (χ2n) is 6.27. The third kappa shape index (κ3) is 4.48. The number of benzene rings is 2. The highest BCUT2D eigenvalue weighted by Crippen LogP contribution is 2.58. The van der Waals surface area contributed by atoms with Crippen LogP contribution in [0.15, 0.2) is 60.7 Å². The third-order valence-electron chi connectivity index (χ3n) is 4.63. The zero-order valence-corrected chi connectivity index (χ0v) is 16.7. The van der Waals surface area contributed by atoms with E-state index in [-0.39, 0.29) is 4.32 Å². The van der Waals surface area contributed by atoms with Gasteiger partial charge in [-0.25, -0.2) is 0 Å². The molecule has 128 valence electrons. The lowest BCUT2D eigenvalue weighted by molar-refractivity contribution is 0.0840. The summed E-state index contributed by atoms with van der Waals surface area (Å²) in [7, 11) is 0. The third-order valence-corrected chi connectivity index (χ3v) is 7.77. The quantitative estimate of drug-likeness (QED) is 0.486. The van der Waals surface area contributed by atoms with E-state index in [4.69, 9.17) is 9.47 Å². The van der Waals surface area contributed by atoms with Gasteiger partial charge in [0.2, 0.25) is 0 Å². The molecular weight excluding hydrogens is 432 g/mol. The van der Waals surface area contributed by atoms with Crippen molar-refractivity contribution in [1.82, 2.24) is 0 Å². The Kier molecular flexibility index (Phi) is 6.50. The highest BCUT2D eigenvalue weighted by molar-refractivity contribution is 9.12. The van der Waals surface area contributed by atoms with E-state index in [9.17, 15) is 0 Å². The maximum Gasteiger partial charge on any atom is 0.0717 e. The van der Waals surface area contributed by atoms with Crippen LogP contribution in [0, 0.1) is 11.8 Å². The van der Waals surface area contributed by atoms with Gasteiger partial charge in [-0.05, 0) is 11.1 Å². The normalized spacial score (nSPS) is 25.6. The molecule has 2 aromatic rings. The molecule has 1 aliphatic rings. The summed E-state index contributed by atoms with van der Waals surface area (Å²) in [5.41, 5.74) is 2.43. The van der Waals surface area contributed by atoms with Crippen LogP contribution in [0.25, 0.3) is 0 Å². The smallest absolute Gasteiger partial charge is 0.0717 e. The van der Waals surface area contributed by atoms with Crippen molar-refractivity contribution in [2.75, 3.05) is 18.5 Å².